The van der Waals surface area contributed by atoms with Gasteiger partial charge in [-0.2, -0.15) is 10.1 Å². The summed E-state index contributed by atoms with van der Waals surface area (Å²) in [5.41, 5.74) is 0.469. The van der Waals surface area contributed by atoms with Crippen LogP contribution >= 0.6 is 24.0 Å². The zero-order valence-electron chi connectivity index (χ0n) is 15.5. The number of ether oxygens (including phenoxy) is 1. The van der Waals surface area contributed by atoms with Crippen molar-refractivity contribution in [2.45, 2.75) is 6.92 Å². The Kier molecular flexibility index (Phi) is 6.33. The molecule has 0 bridgehead atoms. The first-order chi connectivity index (χ1) is 14.3. The molecule has 2 N–H and O–H groups in total. The highest BCUT2D eigenvalue weighted by Crippen LogP contribution is 2.35. The topological polar surface area (TPSA) is 126 Å². The van der Waals surface area contributed by atoms with Gasteiger partial charge < -0.3 is 14.9 Å². The highest BCUT2D eigenvalue weighted by Gasteiger charge is 2.32. The molecule has 2 aromatic carbocycles. The number of amides is 1. The zero-order chi connectivity index (χ0) is 21.8. The maximum atomic E-state index is 12.7. The highest BCUT2D eigenvalue weighted by molar-refractivity contribution is 8.26. The number of phenols is 2. The number of rotatable bonds is 6. The minimum absolute atomic E-state index is 0.0112. The second-order valence-corrected chi connectivity index (χ2v) is 7.57. The molecular weight excluding hydrogens is 430 g/mol. The number of hydrazone groups is 1. The lowest BCUT2D eigenvalue weighted by Gasteiger charge is -2.07. The Morgan fingerprint density at radius 1 is 1.27 bits per heavy atom. The summed E-state index contributed by atoms with van der Waals surface area (Å²) in [5.74, 6) is -0.432. The Morgan fingerprint density at radius 3 is 2.70 bits per heavy atom. The summed E-state index contributed by atoms with van der Waals surface area (Å²) in [7, 11) is 0. The van der Waals surface area contributed by atoms with Gasteiger partial charge >= 0.3 is 0 Å². The Morgan fingerprint density at radius 2 is 2.00 bits per heavy atom. The summed E-state index contributed by atoms with van der Waals surface area (Å²) in [6.07, 6.45) is 2.71. The van der Waals surface area contributed by atoms with Gasteiger partial charge in [-0.05, 0) is 49.0 Å². The minimum Gasteiger partial charge on any atom is -0.507 e. The average molecular weight is 445 g/mol. The van der Waals surface area contributed by atoms with Gasteiger partial charge in [-0.1, -0.05) is 17.8 Å². The second-order valence-electron chi connectivity index (χ2n) is 5.90. The van der Waals surface area contributed by atoms with Crippen LogP contribution in [-0.2, 0) is 4.79 Å². The minimum atomic E-state index is -0.604. The van der Waals surface area contributed by atoms with Crippen molar-refractivity contribution in [3.8, 4) is 17.2 Å². The van der Waals surface area contributed by atoms with Crippen molar-refractivity contribution in [1.82, 2.24) is 5.01 Å². The van der Waals surface area contributed by atoms with Gasteiger partial charge in [0, 0.05) is 17.7 Å². The van der Waals surface area contributed by atoms with Crippen LogP contribution in [0.4, 0.5) is 5.69 Å². The fraction of sp³-hybridized carbons (Fsp3) is 0.105. The number of hydrogen-bond acceptors (Lipinski definition) is 9. The number of aromatic hydroxyl groups is 2. The smallest absolute Gasteiger partial charge is 0.286 e. The Balaban J connectivity index is 1.84. The monoisotopic (exact) mass is 445 g/mol. The Bertz CT molecular complexity index is 1100. The quantitative estimate of drug-likeness (QED) is 0.227. The number of nitro benzene ring substituents is 1. The molecule has 0 atom stereocenters. The first-order valence-corrected chi connectivity index (χ1v) is 9.77. The molecule has 0 radical (unpaired) electrons. The molecule has 1 aliphatic heterocycles. The fourth-order valence-electron chi connectivity index (χ4n) is 2.48. The molecule has 1 heterocycles. The van der Waals surface area contributed by atoms with E-state index in [0.29, 0.717) is 22.8 Å². The van der Waals surface area contributed by atoms with E-state index in [4.69, 9.17) is 17.0 Å². The van der Waals surface area contributed by atoms with Crippen molar-refractivity contribution in [2.24, 2.45) is 5.10 Å². The van der Waals surface area contributed by atoms with Gasteiger partial charge in [0.25, 0.3) is 11.6 Å². The first kappa shape index (κ1) is 21.3. The first-order valence-electron chi connectivity index (χ1n) is 8.55. The largest absolute Gasteiger partial charge is 0.507 e. The van der Waals surface area contributed by atoms with E-state index in [1.807, 2.05) is 0 Å². The van der Waals surface area contributed by atoms with Crippen molar-refractivity contribution >= 4 is 52.2 Å². The molecule has 0 unspecified atom stereocenters. The van der Waals surface area contributed by atoms with Crippen molar-refractivity contribution in [1.29, 1.82) is 0 Å². The van der Waals surface area contributed by atoms with Crippen LogP contribution in [0, 0.1) is 10.1 Å². The summed E-state index contributed by atoms with van der Waals surface area (Å²) in [4.78, 5) is 23.2. The van der Waals surface area contributed by atoms with Gasteiger partial charge in [-0.25, -0.2) is 0 Å². The van der Waals surface area contributed by atoms with Crippen LogP contribution in [0.2, 0.25) is 0 Å². The van der Waals surface area contributed by atoms with E-state index in [-0.39, 0.29) is 27.1 Å². The van der Waals surface area contributed by atoms with Gasteiger partial charge in [-0.15, -0.1) is 0 Å². The summed E-state index contributed by atoms with van der Waals surface area (Å²) in [5, 5.41) is 35.5. The van der Waals surface area contributed by atoms with Crippen LogP contribution < -0.4 is 4.74 Å². The molecule has 1 fully saturated rings. The van der Waals surface area contributed by atoms with Gasteiger partial charge in [0.05, 0.1) is 22.6 Å². The lowest BCUT2D eigenvalue weighted by Crippen LogP contribution is -2.22. The fourth-order valence-corrected chi connectivity index (χ4v) is 3.65. The maximum absolute atomic E-state index is 12.7. The molecule has 3 rings (SSSR count). The predicted octanol–water partition coefficient (Wildman–Crippen LogP) is 3.64. The normalized spacial score (nSPS) is 15.4. The van der Waals surface area contributed by atoms with E-state index in [9.17, 15) is 25.1 Å². The van der Waals surface area contributed by atoms with Crippen LogP contribution in [0.5, 0.6) is 17.2 Å². The molecule has 1 amide bonds. The van der Waals surface area contributed by atoms with E-state index in [2.05, 4.69) is 5.10 Å². The molecule has 2 aromatic rings. The predicted molar refractivity (Wildman–Crippen MR) is 117 cm³/mol. The number of hydrogen-bond donors (Lipinski definition) is 2. The molecule has 11 heteroatoms. The molecule has 0 aromatic heterocycles. The lowest BCUT2D eigenvalue weighted by molar-refractivity contribution is -0.384. The summed E-state index contributed by atoms with van der Waals surface area (Å²) >= 11 is 6.22. The SMILES string of the molecule is CCOc1cc(C=C2SC(=S)N(N=Cc3cc([N+](=O)[O-])ccc3O)C2=O)ccc1O. The molecule has 1 aliphatic rings. The standard InChI is InChI=1S/C19H15N3O6S2/c1-2-28-16-7-11(3-5-15(16)24)8-17-18(25)21(19(29)30-17)20-10-12-9-13(22(26)27)4-6-14(12)23/h3-10,23-24H,2H2,1H3. The number of carbonyl (C=O) groups excluding carboxylic acids is 1. The van der Waals surface area contributed by atoms with Crippen molar-refractivity contribution in [2.75, 3.05) is 6.61 Å². The van der Waals surface area contributed by atoms with Crippen molar-refractivity contribution < 1.29 is 24.7 Å². The maximum Gasteiger partial charge on any atom is 0.286 e. The zero-order valence-corrected chi connectivity index (χ0v) is 17.1. The summed E-state index contributed by atoms with van der Waals surface area (Å²) in [6.45, 7) is 2.16. The van der Waals surface area contributed by atoms with Gasteiger partial charge in [-0.3, -0.25) is 14.9 Å². The molecular formula is C19H15N3O6S2. The molecule has 30 heavy (non-hydrogen) atoms. The van der Waals surface area contributed by atoms with Gasteiger partial charge in [0.1, 0.15) is 5.75 Å². The van der Waals surface area contributed by atoms with Gasteiger partial charge in [0.2, 0.25) is 0 Å². The van der Waals surface area contributed by atoms with Gasteiger partial charge in [0.15, 0.2) is 15.8 Å². The van der Waals surface area contributed by atoms with E-state index in [1.54, 1.807) is 25.1 Å². The van der Waals surface area contributed by atoms with Crippen molar-refractivity contribution in [3.05, 3.63) is 62.5 Å². The third-order valence-electron chi connectivity index (χ3n) is 3.89. The van der Waals surface area contributed by atoms with Crippen LogP contribution in [0.3, 0.4) is 0 Å². The number of phenolic OH excluding ortho intramolecular Hbond substituents is 2. The van der Waals surface area contributed by atoms with E-state index < -0.39 is 10.8 Å². The third kappa shape index (κ3) is 4.58. The Labute approximate surface area is 180 Å². The average Bonchev–Trinajstić information content (AvgIpc) is 2.96. The van der Waals surface area contributed by atoms with E-state index >= 15 is 0 Å². The highest BCUT2D eigenvalue weighted by atomic mass is 32.2. The Hall–Kier alpha value is -3.44. The molecule has 0 spiro atoms. The van der Waals surface area contributed by atoms with Crippen LogP contribution in [0.1, 0.15) is 18.1 Å². The molecule has 0 saturated carbocycles. The molecule has 154 valence electrons. The third-order valence-corrected chi connectivity index (χ3v) is 5.17. The number of nitrogens with zero attached hydrogens (tertiary/aromatic N) is 3. The molecule has 9 nitrogen and oxygen atoms in total. The lowest BCUT2D eigenvalue weighted by atomic mass is 10.2. The van der Waals surface area contributed by atoms with E-state index in [1.165, 1.54) is 12.1 Å². The molecule has 0 aliphatic carbocycles. The molecule has 1 saturated heterocycles. The van der Waals surface area contributed by atoms with Crippen molar-refractivity contribution in [3.63, 3.8) is 0 Å². The number of thiocarbonyl (C=S) groups is 1. The van der Waals surface area contributed by atoms with Crippen LogP contribution in [0.25, 0.3) is 6.08 Å². The van der Waals surface area contributed by atoms with Crippen LogP contribution in [0.15, 0.2) is 46.4 Å². The number of carbonyl (C=O) groups is 1. The van der Waals surface area contributed by atoms with E-state index in [0.717, 1.165) is 35.1 Å². The number of nitro groups is 1. The number of benzene rings is 2. The summed E-state index contributed by atoms with van der Waals surface area (Å²) < 4.78 is 5.50. The van der Waals surface area contributed by atoms with Crippen LogP contribution in [-0.4, -0.2) is 43.2 Å². The summed E-state index contributed by atoms with van der Waals surface area (Å²) in [6, 6.07) is 8.14. The number of non-ortho nitro benzene ring substituents is 1. The second kappa shape index (κ2) is 8.93. The number of thioether (sulfide) groups is 1.